The quantitative estimate of drug-likeness (QED) is 0.679. The first kappa shape index (κ1) is 21.4. The molecule has 1 aliphatic heterocycles. The SMILES string of the molecule is CC(C)(C)c1ccc(/C(=C\C(=O)Nc2ccc3c(c2)OCCO3)CCC(=O)O)cc1. The molecule has 1 aliphatic rings. The van der Waals surface area contributed by atoms with Gasteiger partial charge in [-0.1, -0.05) is 45.0 Å². The highest BCUT2D eigenvalue weighted by atomic mass is 16.6. The number of fused-ring (bicyclic) bond motifs is 1. The standard InChI is InChI=1S/C24H27NO5/c1-24(2,3)18-7-4-16(5-8-18)17(6-11-23(27)28)14-22(26)25-19-9-10-20-21(15-19)30-13-12-29-20/h4-5,7-10,14-15H,6,11-13H2,1-3H3,(H,25,26)(H,27,28)/b17-14-. The van der Waals surface area contributed by atoms with E-state index in [2.05, 4.69) is 26.1 Å². The minimum Gasteiger partial charge on any atom is -0.486 e. The molecular weight excluding hydrogens is 382 g/mol. The average Bonchev–Trinajstić information content (AvgIpc) is 2.70. The van der Waals surface area contributed by atoms with Crippen molar-refractivity contribution in [3.8, 4) is 11.5 Å². The Balaban J connectivity index is 1.80. The summed E-state index contributed by atoms with van der Waals surface area (Å²) in [4.78, 5) is 23.7. The van der Waals surface area contributed by atoms with Crippen LogP contribution < -0.4 is 14.8 Å². The van der Waals surface area contributed by atoms with Crippen LogP contribution in [0.1, 0.15) is 44.7 Å². The summed E-state index contributed by atoms with van der Waals surface area (Å²) in [6.07, 6.45) is 1.68. The number of carbonyl (C=O) groups is 2. The number of carboxylic acid groups (broad SMARTS) is 1. The van der Waals surface area contributed by atoms with Gasteiger partial charge < -0.3 is 19.9 Å². The van der Waals surface area contributed by atoms with E-state index < -0.39 is 5.97 Å². The number of amides is 1. The molecule has 1 heterocycles. The van der Waals surface area contributed by atoms with Gasteiger partial charge in [-0.25, -0.2) is 0 Å². The summed E-state index contributed by atoms with van der Waals surface area (Å²) in [5.74, 6) is 0.00851. The van der Waals surface area contributed by atoms with Crippen molar-refractivity contribution >= 4 is 23.1 Å². The van der Waals surface area contributed by atoms with Gasteiger partial charge in [0.05, 0.1) is 0 Å². The van der Waals surface area contributed by atoms with Crippen LogP contribution in [0.25, 0.3) is 5.57 Å². The maximum Gasteiger partial charge on any atom is 0.303 e. The molecule has 3 rings (SSSR count). The van der Waals surface area contributed by atoms with E-state index in [1.165, 1.54) is 11.6 Å². The van der Waals surface area contributed by atoms with Crippen LogP contribution in [0.3, 0.4) is 0 Å². The van der Waals surface area contributed by atoms with Gasteiger partial charge in [-0.2, -0.15) is 0 Å². The minimum atomic E-state index is -0.903. The molecule has 0 spiro atoms. The van der Waals surface area contributed by atoms with Crippen molar-refractivity contribution in [3.63, 3.8) is 0 Å². The molecule has 1 amide bonds. The molecule has 6 nitrogen and oxygen atoms in total. The Morgan fingerprint density at radius 2 is 1.67 bits per heavy atom. The number of rotatable bonds is 6. The lowest BCUT2D eigenvalue weighted by atomic mass is 9.86. The topological polar surface area (TPSA) is 84.9 Å². The number of anilines is 1. The normalized spacial score (nSPS) is 13.6. The molecule has 0 unspecified atom stereocenters. The number of hydrogen-bond acceptors (Lipinski definition) is 4. The molecule has 0 aromatic heterocycles. The van der Waals surface area contributed by atoms with Crippen LogP contribution in [0, 0.1) is 0 Å². The van der Waals surface area contributed by atoms with Gasteiger partial charge in [0.25, 0.3) is 0 Å². The highest BCUT2D eigenvalue weighted by Gasteiger charge is 2.15. The van der Waals surface area contributed by atoms with Crippen LogP contribution in [-0.2, 0) is 15.0 Å². The van der Waals surface area contributed by atoms with E-state index in [9.17, 15) is 9.59 Å². The summed E-state index contributed by atoms with van der Waals surface area (Å²) in [5.41, 5.74) is 3.28. The molecular formula is C24H27NO5. The fourth-order valence-corrected chi connectivity index (χ4v) is 3.18. The Labute approximate surface area is 176 Å². The van der Waals surface area contributed by atoms with Crippen molar-refractivity contribution in [2.45, 2.75) is 39.0 Å². The lowest BCUT2D eigenvalue weighted by molar-refractivity contribution is -0.136. The second-order valence-corrected chi connectivity index (χ2v) is 8.24. The van der Waals surface area contributed by atoms with Gasteiger partial charge in [0.15, 0.2) is 11.5 Å². The van der Waals surface area contributed by atoms with Gasteiger partial charge in [0, 0.05) is 24.3 Å². The van der Waals surface area contributed by atoms with E-state index in [1.54, 1.807) is 18.2 Å². The van der Waals surface area contributed by atoms with E-state index in [4.69, 9.17) is 14.6 Å². The number of nitrogens with one attached hydrogen (secondary N) is 1. The van der Waals surface area contributed by atoms with Gasteiger partial charge in [-0.05, 0) is 40.7 Å². The largest absolute Gasteiger partial charge is 0.486 e. The molecule has 0 atom stereocenters. The van der Waals surface area contributed by atoms with Gasteiger partial charge in [-0.15, -0.1) is 0 Å². The Hall–Kier alpha value is -3.28. The van der Waals surface area contributed by atoms with Crippen molar-refractivity contribution in [2.75, 3.05) is 18.5 Å². The van der Waals surface area contributed by atoms with Gasteiger partial charge >= 0.3 is 5.97 Å². The summed E-state index contributed by atoms with van der Waals surface area (Å²) < 4.78 is 11.0. The summed E-state index contributed by atoms with van der Waals surface area (Å²) in [5, 5.41) is 11.9. The summed E-state index contributed by atoms with van der Waals surface area (Å²) in [6, 6.07) is 13.1. The number of allylic oxidation sites excluding steroid dienone is 1. The third-order valence-corrected chi connectivity index (χ3v) is 4.84. The maximum atomic E-state index is 12.6. The van der Waals surface area contributed by atoms with Gasteiger partial charge in [0.2, 0.25) is 5.91 Å². The molecule has 6 heteroatoms. The van der Waals surface area contributed by atoms with Crippen molar-refractivity contribution in [2.24, 2.45) is 0 Å². The second-order valence-electron chi connectivity index (χ2n) is 8.24. The van der Waals surface area contributed by atoms with Gasteiger partial charge in [-0.3, -0.25) is 9.59 Å². The van der Waals surface area contributed by atoms with Crippen molar-refractivity contribution in [3.05, 3.63) is 59.7 Å². The molecule has 2 N–H and O–H groups in total. The lowest BCUT2D eigenvalue weighted by Crippen LogP contribution is -2.16. The van der Waals surface area contributed by atoms with Crippen LogP contribution in [-0.4, -0.2) is 30.2 Å². The van der Waals surface area contributed by atoms with Gasteiger partial charge in [0.1, 0.15) is 13.2 Å². The Kier molecular flexibility index (Phi) is 6.45. The first-order valence-electron chi connectivity index (χ1n) is 9.96. The molecule has 0 radical (unpaired) electrons. The summed E-state index contributed by atoms with van der Waals surface area (Å²) in [6.45, 7) is 7.36. The van der Waals surface area contributed by atoms with Crippen LogP contribution in [0.2, 0.25) is 0 Å². The third-order valence-electron chi connectivity index (χ3n) is 4.84. The van der Waals surface area contributed by atoms with E-state index >= 15 is 0 Å². The first-order valence-corrected chi connectivity index (χ1v) is 9.96. The number of ether oxygens (including phenoxy) is 2. The number of aliphatic carboxylic acids is 1. The van der Waals surface area contributed by atoms with E-state index in [0.29, 0.717) is 36.0 Å². The monoisotopic (exact) mass is 409 g/mol. The van der Waals surface area contributed by atoms with Crippen molar-refractivity contribution in [1.82, 2.24) is 0 Å². The zero-order valence-electron chi connectivity index (χ0n) is 17.5. The molecule has 0 saturated carbocycles. The molecule has 0 aliphatic carbocycles. The lowest BCUT2D eigenvalue weighted by Gasteiger charge is -2.19. The summed E-state index contributed by atoms with van der Waals surface area (Å²) in [7, 11) is 0. The van der Waals surface area contributed by atoms with E-state index in [0.717, 1.165) is 5.56 Å². The highest BCUT2D eigenvalue weighted by molar-refractivity contribution is 6.04. The van der Waals surface area contributed by atoms with Crippen molar-refractivity contribution < 1.29 is 24.2 Å². The van der Waals surface area contributed by atoms with E-state index in [1.807, 2.05) is 24.3 Å². The van der Waals surface area contributed by atoms with Crippen LogP contribution in [0.15, 0.2) is 48.5 Å². The summed E-state index contributed by atoms with van der Waals surface area (Å²) >= 11 is 0. The number of carboxylic acids is 1. The predicted molar refractivity (Wildman–Crippen MR) is 116 cm³/mol. The first-order chi connectivity index (χ1) is 14.2. The molecule has 30 heavy (non-hydrogen) atoms. The number of carbonyl (C=O) groups excluding carboxylic acids is 1. The number of hydrogen-bond donors (Lipinski definition) is 2. The molecule has 2 aromatic rings. The molecule has 2 aromatic carbocycles. The smallest absolute Gasteiger partial charge is 0.303 e. The zero-order valence-corrected chi connectivity index (χ0v) is 17.5. The Morgan fingerprint density at radius 1 is 1.00 bits per heavy atom. The van der Waals surface area contributed by atoms with Crippen molar-refractivity contribution in [1.29, 1.82) is 0 Å². The second kappa shape index (κ2) is 9.03. The molecule has 0 fully saturated rings. The number of benzene rings is 2. The molecule has 0 saturated heterocycles. The molecule has 158 valence electrons. The Bertz CT molecular complexity index is 955. The minimum absolute atomic E-state index is 0.0130. The van der Waals surface area contributed by atoms with Crippen LogP contribution >= 0.6 is 0 Å². The Morgan fingerprint density at radius 3 is 2.30 bits per heavy atom. The van der Waals surface area contributed by atoms with Crippen LogP contribution in [0.5, 0.6) is 11.5 Å². The average molecular weight is 409 g/mol. The fraction of sp³-hybridized carbons (Fsp3) is 0.333. The fourth-order valence-electron chi connectivity index (χ4n) is 3.18. The maximum absolute atomic E-state index is 12.6. The van der Waals surface area contributed by atoms with Crippen LogP contribution in [0.4, 0.5) is 5.69 Å². The predicted octanol–water partition coefficient (Wildman–Crippen LogP) is 4.64. The third kappa shape index (κ3) is 5.63. The zero-order chi connectivity index (χ0) is 21.7. The molecule has 0 bridgehead atoms. The van der Waals surface area contributed by atoms with E-state index in [-0.39, 0.29) is 24.2 Å². The highest BCUT2D eigenvalue weighted by Crippen LogP contribution is 2.33.